The van der Waals surface area contributed by atoms with Gasteiger partial charge in [0.1, 0.15) is 5.82 Å². The van der Waals surface area contributed by atoms with Crippen LogP contribution < -0.4 is 4.72 Å². The van der Waals surface area contributed by atoms with Gasteiger partial charge in [0.25, 0.3) is 0 Å². The Kier molecular flexibility index (Phi) is 5.87. The molecule has 150 valence electrons. The largest absolute Gasteiger partial charge is 0.243 e. The number of benzene rings is 1. The molecule has 1 aromatic heterocycles. The maximum atomic E-state index is 12.8. The summed E-state index contributed by atoms with van der Waals surface area (Å²) in [5.41, 5.74) is 0. The number of rotatable bonds is 9. The van der Waals surface area contributed by atoms with Gasteiger partial charge in [-0.2, -0.15) is 0 Å². The van der Waals surface area contributed by atoms with Crippen LogP contribution in [0.3, 0.4) is 0 Å². The van der Waals surface area contributed by atoms with Crippen LogP contribution in [-0.4, -0.2) is 35.1 Å². The molecule has 28 heavy (non-hydrogen) atoms. The molecule has 2 fully saturated rings. The molecule has 2 bridgehead atoms. The Balaban J connectivity index is 1.33. The van der Waals surface area contributed by atoms with Crippen molar-refractivity contribution < 1.29 is 8.42 Å². The van der Waals surface area contributed by atoms with E-state index in [1.807, 2.05) is 6.07 Å². The molecule has 0 saturated heterocycles. The van der Waals surface area contributed by atoms with Gasteiger partial charge in [0.05, 0.1) is 4.90 Å². The molecule has 4 atom stereocenters. The Morgan fingerprint density at radius 3 is 2.75 bits per heavy atom. The minimum Gasteiger partial charge on any atom is -0.243 e. The van der Waals surface area contributed by atoms with Crippen molar-refractivity contribution in [3.8, 4) is 0 Å². The van der Waals surface area contributed by atoms with E-state index in [0.29, 0.717) is 22.6 Å². The predicted octanol–water partition coefficient (Wildman–Crippen LogP) is 2.86. The quantitative estimate of drug-likeness (QED) is 0.497. The fourth-order valence-corrected chi connectivity index (χ4v) is 6.20. The molecule has 0 unspecified atom stereocenters. The number of unbranched alkanes of at least 4 members (excludes halogenated alkanes) is 1. The van der Waals surface area contributed by atoms with E-state index in [-0.39, 0.29) is 6.04 Å². The number of nitrogens with one attached hydrogen (secondary N) is 2. The molecule has 7 nitrogen and oxygen atoms in total. The van der Waals surface area contributed by atoms with Gasteiger partial charge in [-0.3, -0.25) is 0 Å². The molecule has 0 aliphatic heterocycles. The topological polar surface area (TPSA) is 101 Å². The van der Waals surface area contributed by atoms with E-state index in [4.69, 9.17) is 0 Å². The molecule has 0 radical (unpaired) electrons. The van der Waals surface area contributed by atoms with E-state index < -0.39 is 10.0 Å². The number of tetrazole rings is 1. The van der Waals surface area contributed by atoms with E-state index in [1.165, 1.54) is 6.42 Å². The third kappa shape index (κ3) is 4.33. The van der Waals surface area contributed by atoms with Crippen LogP contribution in [0, 0.1) is 17.8 Å². The minimum atomic E-state index is -3.46. The van der Waals surface area contributed by atoms with E-state index in [1.54, 1.807) is 24.3 Å². The van der Waals surface area contributed by atoms with Crippen LogP contribution in [0.4, 0.5) is 0 Å². The van der Waals surface area contributed by atoms with Crippen molar-refractivity contribution in [1.82, 2.24) is 25.3 Å². The Hall–Kier alpha value is -2.06. The number of sulfonamides is 1. The van der Waals surface area contributed by atoms with Gasteiger partial charge in [-0.05, 0) is 78.8 Å². The summed E-state index contributed by atoms with van der Waals surface area (Å²) < 4.78 is 28.6. The number of hydrogen-bond acceptors (Lipinski definition) is 5. The number of hydrogen-bond donors (Lipinski definition) is 2. The zero-order valence-electron chi connectivity index (χ0n) is 15.9. The number of H-pyrrole nitrogens is 1. The number of nitrogens with zero attached hydrogens (tertiary/aromatic N) is 3. The molecular weight excluding hydrogens is 374 g/mol. The summed E-state index contributed by atoms with van der Waals surface area (Å²) in [6.07, 6.45) is 11.7. The monoisotopic (exact) mass is 401 g/mol. The summed E-state index contributed by atoms with van der Waals surface area (Å²) >= 11 is 0. The summed E-state index contributed by atoms with van der Waals surface area (Å²) in [6.45, 7) is 0. The van der Waals surface area contributed by atoms with Crippen LogP contribution in [-0.2, 0) is 16.4 Å². The molecular formula is C20H27N5O2S. The number of aromatic nitrogens is 4. The second-order valence-electron chi connectivity index (χ2n) is 7.90. The first kappa shape index (κ1) is 19.3. The average molecular weight is 402 g/mol. The van der Waals surface area contributed by atoms with Crippen molar-refractivity contribution in [2.75, 3.05) is 0 Å². The molecule has 1 aromatic carbocycles. The van der Waals surface area contributed by atoms with Gasteiger partial charge in [0, 0.05) is 12.5 Å². The van der Waals surface area contributed by atoms with Crippen LogP contribution in [0.15, 0.2) is 47.4 Å². The van der Waals surface area contributed by atoms with E-state index >= 15 is 0 Å². The molecule has 2 aliphatic carbocycles. The summed E-state index contributed by atoms with van der Waals surface area (Å²) in [4.78, 5) is 0.356. The molecule has 0 spiro atoms. The zero-order chi connectivity index (χ0) is 19.4. The first-order valence-electron chi connectivity index (χ1n) is 10.1. The first-order valence-corrected chi connectivity index (χ1v) is 11.6. The van der Waals surface area contributed by atoms with Gasteiger partial charge in [0.15, 0.2) is 0 Å². The molecule has 2 N–H and O–H groups in total. The van der Waals surface area contributed by atoms with E-state index in [2.05, 4.69) is 37.5 Å². The van der Waals surface area contributed by atoms with Crippen LogP contribution in [0.5, 0.6) is 0 Å². The van der Waals surface area contributed by atoms with Crippen LogP contribution in [0.25, 0.3) is 0 Å². The number of fused-ring (bicyclic) bond motifs is 2. The molecule has 0 amide bonds. The number of allylic oxidation sites excluding steroid dienone is 2. The Morgan fingerprint density at radius 2 is 1.96 bits per heavy atom. The van der Waals surface area contributed by atoms with Crippen molar-refractivity contribution in [2.24, 2.45) is 17.8 Å². The highest BCUT2D eigenvalue weighted by Crippen LogP contribution is 2.50. The van der Waals surface area contributed by atoms with Crippen molar-refractivity contribution in [3.05, 3.63) is 48.3 Å². The Bertz CT molecular complexity index is 883. The summed E-state index contributed by atoms with van der Waals surface area (Å²) in [5.74, 6) is 2.32. The maximum Gasteiger partial charge on any atom is 0.240 e. The Labute approximate surface area is 166 Å². The highest BCUT2D eigenvalue weighted by atomic mass is 32.2. The average Bonchev–Trinajstić information content (AvgIpc) is 3.44. The lowest BCUT2D eigenvalue weighted by Gasteiger charge is -2.31. The third-order valence-electron chi connectivity index (χ3n) is 6.18. The fraction of sp³-hybridized carbons (Fsp3) is 0.550. The summed E-state index contributed by atoms with van der Waals surface area (Å²) in [7, 11) is -3.46. The lowest BCUT2D eigenvalue weighted by Crippen LogP contribution is -2.43. The second kappa shape index (κ2) is 8.53. The lowest BCUT2D eigenvalue weighted by atomic mass is 9.83. The van der Waals surface area contributed by atoms with Crippen LogP contribution in [0.2, 0.25) is 0 Å². The number of aryl methyl sites for hydroxylation is 1. The zero-order valence-corrected chi connectivity index (χ0v) is 16.7. The third-order valence-corrected chi connectivity index (χ3v) is 7.66. The lowest BCUT2D eigenvalue weighted by molar-refractivity contribution is 0.274. The molecule has 2 aliphatic rings. The highest BCUT2D eigenvalue weighted by Gasteiger charge is 2.48. The Morgan fingerprint density at radius 1 is 1.14 bits per heavy atom. The van der Waals surface area contributed by atoms with Crippen molar-refractivity contribution in [3.63, 3.8) is 0 Å². The van der Waals surface area contributed by atoms with Crippen LogP contribution >= 0.6 is 0 Å². The SMILES string of the molecule is O=S(=O)(N[C@H]1[C@H]2CC[C@H](C2)[C@@H]1C/C=C\CCCc1nnn[nH]1)c1ccccc1. The maximum absolute atomic E-state index is 12.8. The molecule has 4 rings (SSSR count). The van der Waals surface area contributed by atoms with E-state index in [0.717, 1.165) is 44.3 Å². The summed E-state index contributed by atoms with van der Waals surface area (Å²) in [6, 6.07) is 8.75. The minimum absolute atomic E-state index is 0.0499. The fourth-order valence-electron chi connectivity index (χ4n) is 4.82. The molecule has 1 heterocycles. The summed E-state index contributed by atoms with van der Waals surface area (Å²) in [5, 5.41) is 13.8. The highest BCUT2D eigenvalue weighted by molar-refractivity contribution is 7.89. The molecule has 8 heteroatoms. The van der Waals surface area contributed by atoms with Gasteiger partial charge in [-0.25, -0.2) is 18.2 Å². The van der Waals surface area contributed by atoms with Gasteiger partial charge in [0.2, 0.25) is 10.0 Å². The van der Waals surface area contributed by atoms with Gasteiger partial charge in [-0.1, -0.05) is 30.4 Å². The van der Waals surface area contributed by atoms with Gasteiger partial charge in [-0.15, -0.1) is 5.10 Å². The normalized spacial score (nSPS) is 27.0. The molecule has 2 saturated carbocycles. The van der Waals surface area contributed by atoms with E-state index in [9.17, 15) is 8.42 Å². The standard InChI is InChI=1S/C20H27N5O2S/c26-28(27,17-8-4-3-5-9-17)23-20-16-13-12-15(14-16)18(20)10-6-1-2-7-11-19-21-24-25-22-19/h1,3-6,8-9,15-16,18,20,23H,2,7,10-14H2,(H,21,22,24,25)/b6-1-/t15-,16+,18+,20+/m1/s1. The number of aromatic amines is 1. The van der Waals surface area contributed by atoms with Crippen LogP contribution in [0.1, 0.15) is 44.3 Å². The smallest absolute Gasteiger partial charge is 0.240 e. The van der Waals surface area contributed by atoms with Gasteiger partial charge < -0.3 is 0 Å². The van der Waals surface area contributed by atoms with Crippen molar-refractivity contribution in [2.45, 2.75) is 55.9 Å². The first-order chi connectivity index (χ1) is 13.6. The second-order valence-corrected chi connectivity index (χ2v) is 9.62. The predicted molar refractivity (Wildman–Crippen MR) is 106 cm³/mol. The van der Waals surface area contributed by atoms with Crippen molar-refractivity contribution in [1.29, 1.82) is 0 Å². The van der Waals surface area contributed by atoms with Crippen molar-refractivity contribution >= 4 is 10.0 Å². The molecule has 2 aromatic rings. The van der Waals surface area contributed by atoms with Gasteiger partial charge >= 0.3 is 0 Å².